The van der Waals surface area contributed by atoms with E-state index in [2.05, 4.69) is 10.2 Å². The summed E-state index contributed by atoms with van der Waals surface area (Å²) in [5.41, 5.74) is 2.16. The van der Waals surface area contributed by atoms with Gasteiger partial charge in [0, 0.05) is 13.2 Å². The minimum Gasteiger partial charge on any atom is -0.477 e. The van der Waals surface area contributed by atoms with E-state index in [0.717, 1.165) is 11.1 Å². The van der Waals surface area contributed by atoms with Gasteiger partial charge in [-0.1, -0.05) is 60.7 Å². The second-order valence-corrected chi connectivity index (χ2v) is 7.23. The Labute approximate surface area is 195 Å². The van der Waals surface area contributed by atoms with Crippen LogP contribution in [0.3, 0.4) is 0 Å². The second kappa shape index (κ2) is 11.3. The molecule has 4 aromatic rings. The summed E-state index contributed by atoms with van der Waals surface area (Å²) in [5, 5.41) is 24.6. The fraction of sp³-hybridized carbons (Fsp3) is 0.167. The summed E-state index contributed by atoms with van der Waals surface area (Å²) in [6.45, 7) is 0.644. The lowest BCUT2D eigenvalue weighted by molar-refractivity contribution is -0.486. The molecule has 0 amide bonds. The number of nitrogens with one attached hydrogen (secondary N) is 1. The number of hydrogen-bond donors (Lipinski definition) is 2. The van der Waals surface area contributed by atoms with Crippen LogP contribution in [0.15, 0.2) is 73.1 Å². The van der Waals surface area contributed by atoms with Gasteiger partial charge in [0.1, 0.15) is 18.8 Å². The van der Waals surface area contributed by atoms with E-state index in [1.54, 1.807) is 14.1 Å². The number of ether oxygens (including phenoxy) is 2. The van der Waals surface area contributed by atoms with Crippen molar-refractivity contribution in [2.45, 2.75) is 13.2 Å². The Hall–Kier alpha value is -4.60. The average Bonchev–Trinajstić information content (AvgIpc) is 3.40. The van der Waals surface area contributed by atoms with Gasteiger partial charge in [0.15, 0.2) is 5.56 Å². The van der Waals surface area contributed by atoms with Crippen LogP contribution in [0.4, 0.5) is 0 Å². The summed E-state index contributed by atoms with van der Waals surface area (Å²) < 4.78 is 13.9. The molecule has 0 atom stereocenters. The molecule has 10 nitrogen and oxygen atoms in total. The Kier molecular flexibility index (Phi) is 8.01. The third-order valence-electron chi connectivity index (χ3n) is 4.63. The molecule has 0 aliphatic rings. The highest BCUT2D eigenvalue weighted by Gasteiger charge is 2.21. The number of carboxylic acid groups (broad SMARTS) is 2. The van der Waals surface area contributed by atoms with Gasteiger partial charge in [0.25, 0.3) is 5.88 Å². The smallest absolute Gasteiger partial charge is 0.347 e. The summed E-state index contributed by atoms with van der Waals surface area (Å²) in [5.74, 6) is -1.59. The fourth-order valence-electron chi connectivity index (χ4n) is 2.96. The Balaban J connectivity index is 0.000000191. The third kappa shape index (κ3) is 6.45. The molecule has 2 aromatic heterocycles. The molecule has 3 N–H and O–H groups in total. The van der Waals surface area contributed by atoms with E-state index in [0.29, 0.717) is 19.1 Å². The van der Waals surface area contributed by atoms with Crippen LogP contribution < -0.4 is 14.6 Å². The van der Waals surface area contributed by atoms with Crippen LogP contribution in [0, 0.1) is 0 Å². The monoisotopic (exact) mass is 465 g/mol. The number of aromatic amines is 1. The van der Waals surface area contributed by atoms with Gasteiger partial charge in [-0.3, -0.25) is 4.68 Å². The quantitative estimate of drug-likeness (QED) is 0.409. The lowest BCUT2D eigenvalue weighted by Gasteiger charge is -2.04. The van der Waals surface area contributed by atoms with Crippen molar-refractivity contribution in [3.05, 3.63) is 95.3 Å². The summed E-state index contributed by atoms with van der Waals surface area (Å²) in [6, 6.07) is 19.1. The largest absolute Gasteiger partial charge is 0.477 e. The molecule has 0 saturated heterocycles. The van der Waals surface area contributed by atoms with Crippen molar-refractivity contribution in [1.29, 1.82) is 0 Å². The van der Waals surface area contributed by atoms with Gasteiger partial charge in [-0.25, -0.2) is 9.59 Å². The SMILES string of the molecule is Cn1[nH+]cc(C(=O)O)c1OCc1ccccc1.Cn1cc(C(=O)O)c(OCc2ccccc2)n1. The molecule has 0 radical (unpaired) electrons. The van der Waals surface area contributed by atoms with Crippen molar-refractivity contribution in [3.63, 3.8) is 0 Å². The molecule has 176 valence electrons. The van der Waals surface area contributed by atoms with Crippen LogP contribution in [0.25, 0.3) is 0 Å². The van der Waals surface area contributed by atoms with E-state index >= 15 is 0 Å². The van der Waals surface area contributed by atoms with Crippen LogP contribution in [0.2, 0.25) is 0 Å². The molecular weight excluding hydrogens is 440 g/mol. The van der Waals surface area contributed by atoms with Crippen LogP contribution in [0.5, 0.6) is 11.8 Å². The van der Waals surface area contributed by atoms with E-state index in [1.165, 1.54) is 21.8 Å². The van der Waals surface area contributed by atoms with E-state index in [4.69, 9.17) is 19.7 Å². The Morgan fingerprint density at radius 1 is 0.853 bits per heavy atom. The molecule has 0 spiro atoms. The zero-order valence-electron chi connectivity index (χ0n) is 18.7. The Morgan fingerprint density at radius 2 is 1.38 bits per heavy atom. The van der Waals surface area contributed by atoms with Gasteiger partial charge >= 0.3 is 11.9 Å². The molecule has 0 bridgehead atoms. The third-order valence-corrected chi connectivity index (χ3v) is 4.63. The standard InChI is InChI=1S/2C12H12N2O3/c1-14-7-10(12(15)16)11(13-14)17-8-9-5-3-2-4-6-9;1-14-11(10(7-13-14)12(15)16)17-8-9-5-3-2-4-6-9/h2*2-7H,8H2,1H3,(H,15,16)/p+1. The van der Waals surface area contributed by atoms with Crippen molar-refractivity contribution in [2.75, 3.05) is 0 Å². The first-order valence-electron chi connectivity index (χ1n) is 10.3. The summed E-state index contributed by atoms with van der Waals surface area (Å²) in [4.78, 5) is 21.8. The number of aryl methyl sites for hydroxylation is 2. The maximum absolute atomic E-state index is 10.9. The molecule has 2 aromatic carbocycles. The van der Waals surface area contributed by atoms with Crippen molar-refractivity contribution < 1.29 is 34.4 Å². The van der Waals surface area contributed by atoms with Crippen molar-refractivity contribution in [1.82, 2.24) is 14.5 Å². The Morgan fingerprint density at radius 3 is 1.91 bits per heavy atom. The van der Waals surface area contributed by atoms with Gasteiger partial charge in [-0.05, 0) is 11.1 Å². The van der Waals surface area contributed by atoms with Gasteiger partial charge in [0.05, 0.1) is 7.05 Å². The lowest BCUT2D eigenvalue weighted by atomic mass is 10.2. The maximum atomic E-state index is 10.9. The topological polar surface area (TPSA) is 130 Å². The van der Waals surface area contributed by atoms with E-state index in [1.807, 2.05) is 60.7 Å². The van der Waals surface area contributed by atoms with Gasteiger partial charge < -0.3 is 19.7 Å². The van der Waals surface area contributed by atoms with E-state index < -0.39 is 11.9 Å². The summed E-state index contributed by atoms with van der Waals surface area (Å²) in [7, 11) is 3.36. The first-order valence-corrected chi connectivity index (χ1v) is 10.3. The number of aromatic nitrogens is 4. The highest BCUT2D eigenvalue weighted by atomic mass is 16.5. The first kappa shape index (κ1) is 24.1. The number of benzene rings is 2. The zero-order valence-corrected chi connectivity index (χ0v) is 18.7. The number of nitrogens with zero attached hydrogens (tertiary/aromatic N) is 3. The summed E-state index contributed by atoms with van der Waals surface area (Å²) >= 11 is 0. The zero-order chi connectivity index (χ0) is 24.5. The number of hydrogen-bond acceptors (Lipinski definition) is 5. The molecule has 4 rings (SSSR count). The van der Waals surface area contributed by atoms with Gasteiger partial charge in [0.2, 0.25) is 12.1 Å². The molecule has 0 unspecified atom stereocenters. The molecular formula is C24H25N4O6+. The van der Waals surface area contributed by atoms with Gasteiger partial charge in [-0.15, -0.1) is 14.9 Å². The number of carbonyl (C=O) groups is 2. The molecule has 34 heavy (non-hydrogen) atoms. The lowest BCUT2D eigenvalue weighted by Crippen LogP contribution is -2.14. The number of rotatable bonds is 8. The number of H-pyrrole nitrogens is 1. The summed E-state index contributed by atoms with van der Waals surface area (Å²) in [6.07, 6.45) is 2.82. The minimum absolute atomic E-state index is 0.0726. The van der Waals surface area contributed by atoms with Crippen LogP contribution >= 0.6 is 0 Å². The van der Waals surface area contributed by atoms with Crippen LogP contribution in [-0.2, 0) is 27.3 Å². The minimum atomic E-state index is -1.04. The molecule has 2 heterocycles. The predicted octanol–water partition coefficient (Wildman–Crippen LogP) is 2.81. The molecule has 0 saturated carbocycles. The predicted molar refractivity (Wildman–Crippen MR) is 121 cm³/mol. The van der Waals surface area contributed by atoms with Gasteiger partial charge in [-0.2, -0.15) is 0 Å². The molecule has 0 aliphatic heterocycles. The first-order chi connectivity index (χ1) is 16.3. The van der Waals surface area contributed by atoms with Crippen molar-refractivity contribution >= 4 is 11.9 Å². The molecule has 10 heteroatoms. The fourth-order valence-corrected chi connectivity index (χ4v) is 2.96. The van der Waals surface area contributed by atoms with E-state index in [-0.39, 0.29) is 17.0 Å². The number of carboxylic acids is 2. The molecule has 0 aliphatic carbocycles. The van der Waals surface area contributed by atoms with E-state index in [9.17, 15) is 9.59 Å². The van der Waals surface area contributed by atoms with Crippen molar-refractivity contribution in [3.8, 4) is 11.8 Å². The Bertz CT molecular complexity index is 1220. The highest BCUT2D eigenvalue weighted by molar-refractivity contribution is 5.90. The van der Waals surface area contributed by atoms with Crippen LogP contribution in [-0.4, -0.2) is 36.6 Å². The average molecular weight is 465 g/mol. The molecule has 0 fully saturated rings. The van der Waals surface area contributed by atoms with Crippen LogP contribution in [0.1, 0.15) is 31.8 Å². The number of aromatic carboxylic acids is 2. The maximum Gasteiger partial charge on any atom is 0.347 e. The van der Waals surface area contributed by atoms with Crippen molar-refractivity contribution in [2.24, 2.45) is 14.1 Å². The highest BCUT2D eigenvalue weighted by Crippen LogP contribution is 2.17. The normalized spacial score (nSPS) is 10.2. The second-order valence-electron chi connectivity index (χ2n) is 7.23.